The minimum Gasteiger partial charge on any atom is -0.385 e. The van der Waals surface area contributed by atoms with Crippen molar-refractivity contribution in [1.29, 1.82) is 0 Å². The Morgan fingerprint density at radius 3 is 2.90 bits per heavy atom. The van der Waals surface area contributed by atoms with Gasteiger partial charge in [-0.25, -0.2) is 4.98 Å². The first-order chi connectivity index (χ1) is 10.3. The third-order valence-electron chi connectivity index (χ3n) is 4.30. The predicted octanol–water partition coefficient (Wildman–Crippen LogP) is 2.54. The zero-order valence-corrected chi connectivity index (χ0v) is 13.3. The van der Waals surface area contributed by atoms with E-state index >= 15 is 0 Å². The first-order valence-electron chi connectivity index (χ1n) is 7.60. The van der Waals surface area contributed by atoms with Gasteiger partial charge in [-0.05, 0) is 44.5 Å². The molecule has 0 unspecified atom stereocenters. The number of nitrogens with one attached hydrogen (secondary N) is 2. The molecule has 0 amide bonds. The lowest BCUT2D eigenvalue weighted by atomic mass is 9.85. The van der Waals surface area contributed by atoms with Gasteiger partial charge in [-0.1, -0.05) is 12.1 Å². The topological polar surface area (TPSA) is 46.2 Å². The molecule has 2 aromatic rings. The van der Waals surface area contributed by atoms with Crippen LogP contribution in [0.3, 0.4) is 0 Å². The van der Waals surface area contributed by atoms with Crippen LogP contribution in [0.1, 0.15) is 24.3 Å². The van der Waals surface area contributed by atoms with Crippen LogP contribution in [0.25, 0.3) is 10.2 Å². The summed E-state index contributed by atoms with van der Waals surface area (Å²) in [4.78, 5) is 4.72. The molecule has 3 rings (SSSR count). The Balaban J connectivity index is 1.67. The average molecular weight is 305 g/mol. The van der Waals surface area contributed by atoms with Crippen LogP contribution in [0.2, 0.25) is 0 Å². The average Bonchev–Trinajstić information content (AvgIpc) is 2.95. The number of nitrogens with zero attached hydrogens (tertiary/aromatic N) is 1. The Labute approximate surface area is 129 Å². The maximum absolute atomic E-state index is 5.30. The molecular weight excluding hydrogens is 282 g/mol. The number of rotatable bonds is 6. The van der Waals surface area contributed by atoms with Gasteiger partial charge in [-0.2, -0.15) is 0 Å². The van der Waals surface area contributed by atoms with E-state index in [1.165, 1.54) is 9.71 Å². The number of para-hydroxylation sites is 1. The predicted molar refractivity (Wildman–Crippen MR) is 87.8 cm³/mol. The van der Waals surface area contributed by atoms with Crippen LogP contribution < -0.4 is 10.6 Å². The first-order valence-corrected chi connectivity index (χ1v) is 8.42. The number of fused-ring (bicyclic) bond motifs is 1. The largest absolute Gasteiger partial charge is 0.385 e. The lowest BCUT2D eigenvalue weighted by Crippen LogP contribution is -2.52. The summed E-state index contributed by atoms with van der Waals surface area (Å²) in [5, 5.41) is 8.39. The fourth-order valence-corrected chi connectivity index (χ4v) is 3.88. The van der Waals surface area contributed by atoms with Crippen LogP contribution in [-0.2, 0) is 11.3 Å². The van der Waals surface area contributed by atoms with Crippen molar-refractivity contribution < 1.29 is 4.74 Å². The van der Waals surface area contributed by atoms with Crippen LogP contribution in [0.4, 0.5) is 0 Å². The van der Waals surface area contributed by atoms with Gasteiger partial charge in [0.15, 0.2) is 0 Å². The molecule has 1 saturated heterocycles. The third kappa shape index (κ3) is 3.61. The van der Waals surface area contributed by atoms with E-state index in [1.807, 2.05) is 6.07 Å². The molecule has 2 heterocycles. The van der Waals surface area contributed by atoms with E-state index in [4.69, 9.17) is 9.72 Å². The van der Waals surface area contributed by atoms with Crippen LogP contribution in [0, 0.1) is 0 Å². The fourth-order valence-electron chi connectivity index (χ4n) is 2.98. The summed E-state index contributed by atoms with van der Waals surface area (Å²) in [5.74, 6) is 0. The second kappa shape index (κ2) is 6.83. The van der Waals surface area contributed by atoms with Crippen molar-refractivity contribution in [1.82, 2.24) is 15.6 Å². The Hall–Kier alpha value is -1.01. The molecule has 114 valence electrons. The van der Waals surface area contributed by atoms with Gasteiger partial charge in [0.1, 0.15) is 5.01 Å². The number of hydrogen-bond acceptors (Lipinski definition) is 5. The molecule has 0 atom stereocenters. The van der Waals surface area contributed by atoms with Crippen LogP contribution in [0.5, 0.6) is 0 Å². The zero-order valence-electron chi connectivity index (χ0n) is 12.5. The summed E-state index contributed by atoms with van der Waals surface area (Å²) in [6, 6.07) is 8.35. The van der Waals surface area contributed by atoms with Crippen LogP contribution >= 0.6 is 11.3 Å². The summed E-state index contributed by atoms with van der Waals surface area (Å²) in [6.45, 7) is 3.82. The van der Waals surface area contributed by atoms with Gasteiger partial charge in [0.25, 0.3) is 0 Å². The van der Waals surface area contributed by atoms with Gasteiger partial charge in [0.05, 0.1) is 10.2 Å². The lowest BCUT2D eigenvalue weighted by molar-refractivity contribution is 0.133. The molecule has 1 fully saturated rings. The zero-order chi connectivity index (χ0) is 14.5. The van der Waals surface area contributed by atoms with Gasteiger partial charge >= 0.3 is 0 Å². The summed E-state index contributed by atoms with van der Waals surface area (Å²) in [7, 11) is 1.78. The van der Waals surface area contributed by atoms with E-state index in [9.17, 15) is 0 Å². The number of aromatic nitrogens is 1. The molecule has 0 bridgehead atoms. The molecule has 5 heteroatoms. The summed E-state index contributed by atoms with van der Waals surface area (Å²) < 4.78 is 6.57. The van der Waals surface area contributed by atoms with Crippen molar-refractivity contribution in [2.24, 2.45) is 0 Å². The number of piperidine rings is 1. The van der Waals surface area contributed by atoms with Crippen LogP contribution in [0.15, 0.2) is 24.3 Å². The molecule has 21 heavy (non-hydrogen) atoms. The Kier molecular flexibility index (Phi) is 4.85. The molecule has 0 spiro atoms. The van der Waals surface area contributed by atoms with Crippen molar-refractivity contribution >= 4 is 21.6 Å². The number of thiazole rings is 1. The van der Waals surface area contributed by atoms with Crippen molar-refractivity contribution in [2.45, 2.75) is 31.3 Å². The molecule has 1 aromatic carbocycles. The van der Waals surface area contributed by atoms with Crippen molar-refractivity contribution in [3.8, 4) is 0 Å². The minimum absolute atomic E-state index is 0.194. The fraction of sp³-hybridized carbons (Fsp3) is 0.562. The minimum atomic E-state index is 0.194. The third-order valence-corrected chi connectivity index (χ3v) is 5.33. The monoisotopic (exact) mass is 305 g/mol. The molecule has 0 radical (unpaired) electrons. The first kappa shape index (κ1) is 14.9. The smallest absolute Gasteiger partial charge is 0.108 e. The molecule has 1 aliphatic rings. The van der Waals surface area contributed by atoms with E-state index in [2.05, 4.69) is 28.8 Å². The van der Waals surface area contributed by atoms with E-state index in [0.717, 1.165) is 51.0 Å². The van der Waals surface area contributed by atoms with Gasteiger partial charge in [0, 0.05) is 25.8 Å². The van der Waals surface area contributed by atoms with Gasteiger partial charge < -0.3 is 15.4 Å². The Morgan fingerprint density at radius 1 is 1.33 bits per heavy atom. The SMILES string of the molecule is COCCC1(NCc2nc3ccccc3s2)CCNCC1. The molecule has 0 aliphatic carbocycles. The molecule has 0 saturated carbocycles. The molecular formula is C16H23N3OS. The van der Waals surface area contributed by atoms with Gasteiger partial charge in [0.2, 0.25) is 0 Å². The summed E-state index contributed by atoms with van der Waals surface area (Å²) in [6.07, 6.45) is 3.37. The van der Waals surface area contributed by atoms with E-state index < -0.39 is 0 Å². The molecule has 4 nitrogen and oxygen atoms in total. The second-order valence-corrected chi connectivity index (χ2v) is 6.82. The maximum Gasteiger partial charge on any atom is 0.108 e. The van der Waals surface area contributed by atoms with Crippen molar-refractivity contribution in [2.75, 3.05) is 26.8 Å². The van der Waals surface area contributed by atoms with Crippen molar-refractivity contribution in [3.63, 3.8) is 0 Å². The van der Waals surface area contributed by atoms with Gasteiger partial charge in [-0.15, -0.1) is 11.3 Å². The Bertz CT molecular complexity index is 545. The highest BCUT2D eigenvalue weighted by Crippen LogP contribution is 2.25. The second-order valence-electron chi connectivity index (χ2n) is 5.70. The van der Waals surface area contributed by atoms with Crippen LogP contribution in [-0.4, -0.2) is 37.3 Å². The Morgan fingerprint density at radius 2 is 2.14 bits per heavy atom. The number of hydrogen-bond donors (Lipinski definition) is 2. The molecule has 1 aromatic heterocycles. The van der Waals surface area contributed by atoms with E-state index in [1.54, 1.807) is 18.4 Å². The highest BCUT2D eigenvalue weighted by Gasteiger charge is 2.31. The number of benzene rings is 1. The van der Waals surface area contributed by atoms with E-state index in [-0.39, 0.29) is 5.54 Å². The number of ether oxygens (including phenoxy) is 1. The van der Waals surface area contributed by atoms with E-state index in [0.29, 0.717) is 0 Å². The lowest BCUT2D eigenvalue weighted by Gasteiger charge is -2.38. The normalized spacial score (nSPS) is 18.1. The quantitative estimate of drug-likeness (QED) is 0.861. The van der Waals surface area contributed by atoms with Gasteiger partial charge in [-0.3, -0.25) is 0 Å². The molecule has 1 aliphatic heterocycles. The molecule has 2 N–H and O–H groups in total. The summed E-state index contributed by atoms with van der Waals surface area (Å²) >= 11 is 1.79. The van der Waals surface area contributed by atoms with Crippen molar-refractivity contribution in [3.05, 3.63) is 29.3 Å². The standard InChI is InChI=1S/C16H23N3OS/c1-20-11-8-16(6-9-17-10-7-16)18-12-15-19-13-4-2-3-5-14(13)21-15/h2-5,17-18H,6-12H2,1H3. The highest BCUT2D eigenvalue weighted by molar-refractivity contribution is 7.18. The number of methoxy groups -OCH3 is 1. The maximum atomic E-state index is 5.30. The summed E-state index contributed by atoms with van der Waals surface area (Å²) in [5.41, 5.74) is 1.30. The highest BCUT2D eigenvalue weighted by atomic mass is 32.1.